The van der Waals surface area contributed by atoms with E-state index >= 15 is 0 Å². The maximum Gasteiger partial charge on any atom is 0.238 e. The Balaban J connectivity index is 2.05. The van der Waals surface area contributed by atoms with E-state index in [4.69, 9.17) is 0 Å². The Morgan fingerprint density at radius 3 is 2.55 bits per heavy atom. The fraction of sp³-hybridized carbons (Fsp3) is 0.556. The lowest BCUT2D eigenvalue weighted by Crippen LogP contribution is -2.55. The summed E-state index contributed by atoms with van der Waals surface area (Å²) in [7, 11) is 0. The van der Waals surface area contributed by atoms with Crippen LogP contribution >= 0.6 is 0 Å². The van der Waals surface area contributed by atoms with Gasteiger partial charge in [-0.1, -0.05) is 38.1 Å². The van der Waals surface area contributed by atoms with Crippen LogP contribution in [0, 0.1) is 17.2 Å². The number of carbonyl (C=O) groups excluding carboxylic acids is 1. The van der Waals surface area contributed by atoms with E-state index in [0.29, 0.717) is 0 Å². The van der Waals surface area contributed by atoms with E-state index in [1.807, 2.05) is 26.8 Å². The van der Waals surface area contributed by atoms with Crippen molar-refractivity contribution in [1.29, 1.82) is 5.26 Å². The van der Waals surface area contributed by atoms with Crippen molar-refractivity contribution < 1.29 is 4.79 Å². The Hall–Kier alpha value is -1.86. The monoisotopic (exact) mass is 299 g/mol. The zero-order valence-corrected chi connectivity index (χ0v) is 13.9. The van der Waals surface area contributed by atoms with E-state index in [9.17, 15) is 10.1 Å². The van der Waals surface area contributed by atoms with Crippen LogP contribution in [-0.2, 0) is 17.8 Å². The number of nitriles is 1. The van der Waals surface area contributed by atoms with Gasteiger partial charge in [-0.05, 0) is 37.3 Å². The molecule has 1 aliphatic heterocycles. The highest BCUT2D eigenvalue weighted by Crippen LogP contribution is 2.21. The molecule has 0 radical (unpaired) electrons. The van der Waals surface area contributed by atoms with Crippen molar-refractivity contribution in [3.8, 4) is 6.07 Å². The smallest absolute Gasteiger partial charge is 0.238 e. The van der Waals surface area contributed by atoms with Crippen LogP contribution in [0.4, 0.5) is 0 Å². The van der Waals surface area contributed by atoms with Crippen molar-refractivity contribution >= 4 is 5.91 Å². The molecule has 1 N–H and O–H groups in total. The first kappa shape index (κ1) is 16.5. The lowest BCUT2D eigenvalue weighted by atomic mass is 9.89. The molecule has 0 unspecified atom stereocenters. The predicted octanol–water partition coefficient (Wildman–Crippen LogP) is 2.49. The molecule has 1 aromatic carbocycles. The summed E-state index contributed by atoms with van der Waals surface area (Å²) in [4.78, 5) is 14.7. The van der Waals surface area contributed by atoms with Gasteiger partial charge in [-0.25, -0.2) is 0 Å². The van der Waals surface area contributed by atoms with Crippen LogP contribution in [0.5, 0.6) is 0 Å². The van der Waals surface area contributed by atoms with Crippen molar-refractivity contribution in [3.05, 3.63) is 35.4 Å². The highest BCUT2D eigenvalue weighted by atomic mass is 16.2. The summed E-state index contributed by atoms with van der Waals surface area (Å²) >= 11 is 0. The molecule has 4 nitrogen and oxygen atoms in total. The van der Waals surface area contributed by atoms with Gasteiger partial charge < -0.3 is 5.32 Å². The van der Waals surface area contributed by atoms with Crippen LogP contribution < -0.4 is 5.32 Å². The number of hydrogen-bond acceptors (Lipinski definition) is 3. The van der Waals surface area contributed by atoms with Gasteiger partial charge in [0.25, 0.3) is 0 Å². The molecule has 0 aromatic heterocycles. The summed E-state index contributed by atoms with van der Waals surface area (Å²) < 4.78 is 0. The third-order valence-corrected chi connectivity index (χ3v) is 4.86. The van der Waals surface area contributed by atoms with Crippen molar-refractivity contribution in [2.24, 2.45) is 5.92 Å². The average molecular weight is 299 g/mol. The number of hydrogen-bond donors (Lipinski definition) is 1. The molecule has 0 aliphatic carbocycles. The van der Waals surface area contributed by atoms with E-state index in [-0.39, 0.29) is 17.9 Å². The van der Waals surface area contributed by atoms with Gasteiger partial charge in [-0.2, -0.15) is 5.26 Å². The van der Waals surface area contributed by atoms with Crippen LogP contribution in [0.25, 0.3) is 0 Å². The summed E-state index contributed by atoms with van der Waals surface area (Å²) in [5, 5.41) is 12.3. The van der Waals surface area contributed by atoms with Crippen LogP contribution in [0.3, 0.4) is 0 Å². The van der Waals surface area contributed by atoms with Crippen LogP contribution in [0.1, 0.15) is 38.8 Å². The first-order chi connectivity index (χ1) is 10.4. The number of nitrogens with one attached hydrogen (secondary N) is 1. The molecule has 1 aliphatic rings. The van der Waals surface area contributed by atoms with Crippen molar-refractivity contribution in [2.45, 2.75) is 52.2 Å². The molecule has 1 aromatic rings. The van der Waals surface area contributed by atoms with E-state index in [1.54, 1.807) is 6.92 Å². The minimum atomic E-state index is -0.820. The number of fused-ring (bicyclic) bond motifs is 1. The van der Waals surface area contributed by atoms with Gasteiger partial charge in [0.05, 0.1) is 12.1 Å². The Bertz CT molecular complexity index is 590. The highest BCUT2D eigenvalue weighted by molar-refractivity contribution is 5.82. The third kappa shape index (κ3) is 3.31. The summed E-state index contributed by atoms with van der Waals surface area (Å²) in [6.45, 7) is 9.26. The van der Waals surface area contributed by atoms with Crippen molar-refractivity contribution in [3.63, 3.8) is 0 Å². The highest BCUT2D eigenvalue weighted by Gasteiger charge is 2.33. The second-order valence-electron chi connectivity index (χ2n) is 6.62. The van der Waals surface area contributed by atoms with Crippen LogP contribution in [0.2, 0.25) is 0 Å². The number of amides is 1. The Kier molecular flexibility index (Phi) is 4.87. The quantitative estimate of drug-likeness (QED) is 0.929. The molecule has 118 valence electrons. The van der Waals surface area contributed by atoms with Crippen molar-refractivity contribution in [2.75, 3.05) is 6.54 Å². The number of carbonyl (C=O) groups is 1. The fourth-order valence-electron chi connectivity index (χ4n) is 2.68. The first-order valence-corrected chi connectivity index (χ1v) is 7.91. The van der Waals surface area contributed by atoms with Gasteiger partial charge in [0.1, 0.15) is 5.54 Å². The van der Waals surface area contributed by atoms with Gasteiger partial charge in [0, 0.05) is 13.1 Å². The number of rotatable bonds is 4. The Labute approximate surface area is 133 Å². The largest absolute Gasteiger partial charge is 0.336 e. The summed E-state index contributed by atoms with van der Waals surface area (Å²) in [6.07, 6.45) is 0.966. The zero-order chi connectivity index (χ0) is 16.3. The maximum absolute atomic E-state index is 12.5. The second-order valence-corrected chi connectivity index (χ2v) is 6.62. The van der Waals surface area contributed by atoms with Crippen LogP contribution in [-0.4, -0.2) is 28.9 Å². The van der Waals surface area contributed by atoms with E-state index < -0.39 is 5.54 Å². The minimum Gasteiger partial charge on any atom is -0.336 e. The van der Waals surface area contributed by atoms with Gasteiger partial charge in [-0.3, -0.25) is 9.69 Å². The van der Waals surface area contributed by atoms with Gasteiger partial charge in [0.2, 0.25) is 5.91 Å². The van der Waals surface area contributed by atoms with E-state index in [1.165, 1.54) is 11.1 Å². The second kappa shape index (κ2) is 6.50. The molecule has 1 amide bonds. The van der Waals surface area contributed by atoms with Gasteiger partial charge >= 0.3 is 0 Å². The number of benzene rings is 1. The van der Waals surface area contributed by atoms with Crippen molar-refractivity contribution in [1.82, 2.24) is 10.2 Å². The predicted molar refractivity (Wildman–Crippen MR) is 87.0 cm³/mol. The maximum atomic E-state index is 12.5. The zero-order valence-electron chi connectivity index (χ0n) is 13.9. The average Bonchev–Trinajstić information content (AvgIpc) is 2.53. The molecule has 2 rings (SSSR count). The third-order valence-electron chi connectivity index (χ3n) is 4.86. The SMILES string of the molecule is CC(C)[C@](C)(C#N)NC(=O)[C@@H](C)N1CCc2ccccc2C1. The molecule has 0 saturated carbocycles. The lowest BCUT2D eigenvalue weighted by Gasteiger charge is -2.35. The molecule has 22 heavy (non-hydrogen) atoms. The molecular formula is C18H25N3O. The van der Waals surface area contributed by atoms with Gasteiger partial charge in [0.15, 0.2) is 0 Å². The molecule has 0 bridgehead atoms. The number of nitrogens with zero attached hydrogens (tertiary/aromatic N) is 2. The molecule has 2 atom stereocenters. The minimum absolute atomic E-state index is 0.0655. The molecule has 1 heterocycles. The lowest BCUT2D eigenvalue weighted by molar-refractivity contribution is -0.127. The topological polar surface area (TPSA) is 56.1 Å². The normalized spacial score (nSPS) is 18.9. The summed E-state index contributed by atoms with van der Waals surface area (Å²) in [6, 6.07) is 10.4. The molecule has 0 spiro atoms. The van der Waals surface area contributed by atoms with Gasteiger partial charge in [-0.15, -0.1) is 0 Å². The fourth-order valence-corrected chi connectivity index (χ4v) is 2.68. The summed E-state index contributed by atoms with van der Waals surface area (Å²) in [5.74, 6) is -0.00661. The molecule has 4 heteroatoms. The molecule has 0 saturated heterocycles. The Morgan fingerprint density at radius 1 is 1.32 bits per heavy atom. The summed E-state index contributed by atoms with van der Waals surface area (Å²) in [5.41, 5.74) is 1.84. The first-order valence-electron chi connectivity index (χ1n) is 7.91. The molecule has 0 fully saturated rings. The van der Waals surface area contributed by atoms with E-state index in [0.717, 1.165) is 19.5 Å². The Morgan fingerprint density at radius 2 is 1.95 bits per heavy atom. The van der Waals surface area contributed by atoms with Crippen LogP contribution in [0.15, 0.2) is 24.3 Å². The van der Waals surface area contributed by atoms with E-state index in [2.05, 4.69) is 34.5 Å². The molecular weight excluding hydrogens is 274 g/mol. The standard InChI is InChI=1S/C18H25N3O/c1-13(2)18(4,12-19)20-17(22)14(3)21-10-9-15-7-5-6-8-16(15)11-21/h5-8,13-14H,9-11H2,1-4H3,(H,20,22)/t14-,18+/m1/s1.